The number of hydrogen-bond acceptors (Lipinski definition) is 7. The topological polar surface area (TPSA) is 67.2 Å². The maximum absolute atomic E-state index is 14.1. The molecule has 1 aliphatic rings. The van der Waals surface area contributed by atoms with Gasteiger partial charge in [0.1, 0.15) is 26.1 Å². The molecule has 4 aromatic rings. The minimum Gasteiger partial charge on any atom is -0.365 e. The van der Waals surface area contributed by atoms with Crippen molar-refractivity contribution in [1.29, 1.82) is 0 Å². The highest BCUT2D eigenvalue weighted by atomic mass is 79.9. The van der Waals surface area contributed by atoms with Gasteiger partial charge in [-0.05, 0) is 66.2 Å². The molecule has 0 aliphatic carbocycles. The first kappa shape index (κ1) is 29.2. The molecule has 1 saturated heterocycles. The van der Waals surface area contributed by atoms with Crippen LogP contribution >= 0.6 is 27.7 Å². The van der Waals surface area contributed by atoms with Crippen molar-refractivity contribution < 1.29 is 0 Å². The molecule has 5 rings (SSSR count). The number of hydrogen-bond donors (Lipinski definition) is 0. The molecule has 0 radical (unpaired) electrons. The molecule has 0 amide bonds. The molecule has 0 spiro atoms. The van der Waals surface area contributed by atoms with Crippen molar-refractivity contribution in [1.82, 2.24) is 24.4 Å². The zero-order chi connectivity index (χ0) is 29.6. The van der Waals surface area contributed by atoms with Crippen LogP contribution in [0.15, 0.2) is 75.8 Å². The Bertz CT molecular complexity index is 1740. The number of pyridine rings is 2. The number of piperazine rings is 1. The summed E-state index contributed by atoms with van der Waals surface area (Å²) in [4.78, 5) is 34.0. The van der Waals surface area contributed by atoms with Crippen LogP contribution in [0.25, 0.3) is 28.0 Å². The molecule has 4 heterocycles. The van der Waals surface area contributed by atoms with Gasteiger partial charge in [0.25, 0.3) is 0 Å². The Labute approximate surface area is 255 Å². The maximum atomic E-state index is 14.1. The van der Waals surface area contributed by atoms with Crippen molar-refractivity contribution in [3.05, 3.63) is 82.1 Å². The second-order valence-electron chi connectivity index (χ2n) is 10.7. The van der Waals surface area contributed by atoms with Crippen LogP contribution in [0, 0.1) is 6.92 Å². The Morgan fingerprint density at radius 1 is 1.15 bits per heavy atom. The fraction of sp³-hybridized carbons (Fsp3) is 0.267. The SMILES string of the molecule is Bc1cc2c(N3C[C@@H](C)N(C(=C)C=C)CC3C)nc(=O)n(-c3c(SC)ccnc3Br)c2nc1-c1c(B)cccc1C. The summed E-state index contributed by atoms with van der Waals surface area (Å²) < 4.78 is 2.18. The van der Waals surface area contributed by atoms with Crippen molar-refractivity contribution in [3.63, 3.8) is 0 Å². The number of anilines is 1. The standard InChI is InChI=1S/C30H33B2BrN6OS/c1-7-17(3)37-14-19(5)38(15-18(37)4)28-20-13-22(32)25(24-16(2)9-8-10-21(24)31)35-29(20)39(30(40)36-28)26-23(41-6)11-12-34-27(26)33/h7-13,18-19H,1,3,14-15,31-32H2,2,4-6H3/t18-,19?/m1/s1. The lowest BCUT2D eigenvalue weighted by Gasteiger charge is -2.46. The Kier molecular flexibility index (Phi) is 8.21. The van der Waals surface area contributed by atoms with E-state index in [1.807, 2.05) is 12.3 Å². The lowest BCUT2D eigenvalue weighted by Crippen LogP contribution is -2.56. The third kappa shape index (κ3) is 5.14. The average molecular weight is 627 g/mol. The Balaban J connectivity index is 1.83. The number of fused-ring (bicyclic) bond motifs is 1. The van der Waals surface area contributed by atoms with Gasteiger partial charge in [-0.25, -0.2) is 19.3 Å². The molecular weight excluding hydrogens is 594 g/mol. The van der Waals surface area contributed by atoms with E-state index < -0.39 is 5.69 Å². The molecule has 208 valence electrons. The van der Waals surface area contributed by atoms with Gasteiger partial charge in [0.15, 0.2) is 5.65 Å². The van der Waals surface area contributed by atoms with E-state index in [0.29, 0.717) is 28.3 Å². The smallest absolute Gasteiger partial charge is 0.355 e. The van der Waals surface area contributed by atoms with Gasteiger partial charge in [0.2, 0.25) is 0 Å². The normalized spacial score (nSPS) is 17.2. The highest BCUT2D eigenvalue weighted by molar-refractivity contribution is 9.10. The number of thioether (sulfide) groups is 1. The summed E-state index contributed by atoms with van der Waals surface area (Å²) in [7, 11) is 4.18. The van der Waals surface area contributed by atoms with Crippen molar-refractivity contribution in [3.8, 4) is 16.9 Å². The van der Waals surface area contributed by atoms with Crippen LogP contribution in [0.5, 0.6) is 0 Å². The van der Waals surface area contributed by atoms with Gasteiger partial charge in [-0.2, -0.15) is 4.98 Å². The monoisotopic (exact) mass is 626 g/mol. The van der Waals surface area contributed by atoms with Gasteiger partial charge in [-0.15, -0.1) is 11.8 Å². The predicted molar refractivity (Wildman–Crippen MR) is 181 cm³/mol. The van der Waals surface area contributed by atoms with Crippen molar-refractivity contribution in [2.75, 3.05) is 24.2 Å². The summed E-state index contributed by atoms with van der Waals surface area (Å²) in [6.07, 6.45) is 5.51. The highest BCUT2D eigenvalue weighted by Crippen LogP contribution is 2.34. The van der Waals surface area contributed by atoms with E-state index in [4.69, 9.17) is 9.97 Å². The molecule has 1 fully saturated rings. The van der Waals surface area contributed by atoms with E-state index in [1.165, 1.54) is 0 Å². The Morgan fingerprint density at radius 3 is 2.59 bits per heavy atom. The zero-order valence-corrected chi connectivity index (χ0v) is 26.8. The van der Waals surface area contributed by atoms with E-state index in [2.05, 4.69) is 105 Å². The molecule has 7 nitrogen and oxygen atoms in total. The minimum atomic E-state index is -0.391. The summed E-state index contributed by atoms with van der Waals surface area (Å²) >= 11 is 5.16. The number of rotatable bonds is 6. The molecular formula is C30H33B2BrN6OS. The van der Waals surface area contributed by atoms with Gasteiger partial charge in [0.05, 0.1) is 16.8 Å². The number of allylic oxidation sites excluding steroid dienone is 1. The van der Waals surface area contributed by atoms with Crippen molar-refractivity contribution >= 4 is 71.2 Å². The van der Waals surface area contributed by atoms with Crippen LogP contribution < -0.4 is 21.5 Å². The van der Waals surface area contributed by atoms with Crippen molar-refractivity contribution in [2.45, 2.75) is 37.8 Å². The van der Waals surface area contributed by atoms with Gasteiger partial charge in [-0.3, -0.25) is 0 Å². The molecule has 1 aromatic carbocycles. The minimum absolute atomic E-state index is 0.0827. The van der Waals surface area contributed by atoms with Crippen LogP contribution in [0.4, 0.5) is 5.82 Å². The lowest BCUT2D eigenvalue weighted by molar-refractivity contribution is 0.221. The first-order valence-electron chi connectivity index (χ1n) is 13.6. The van der Waals surface area contributed by atoms with E-state index in [0.717, 1.165) is 50.3 Å². The fourth-order valence-corrected chi connectivity index (χ4v) is 7.03. The summed E-state index contributed by atoms with van der Waals surface area (Å²) in [6.45, 7) is 15.9. The molecule has 0 N–H and O–H groups in total. The second kappa shape index (κ2) is 11.5. The quantitative estimate of drug-likeness (QED) is 0.141. The number of benzene rings is 1. The summed E-state index contributed by atoms with van der Waals surface area (Å²) in [5.41, 5.74) is 6.95. The highest BCUT2D eigenvalue weighted by Gasteiger charge is 2.32. The summed E-state index contributed by atoms with van der Waals surface area (Å²) in [6, 6.07) is 10.5. The third-order valence-electron chi connectivity index (χ3n) is 7.91. The van der Waals surface area contributed by atoms with E-state index in [1.54, 1.807) is 28.6 Å². The number of nitrogens with zero attached hydrogens (tertiary/aromatic N) is 6. The zero-order valence-electron chi connectivity index (χ0n) is 24.4. The van der Waals surface area contributed by atoms with Crippen LogP contribution in [-0.2, 0) is 0 Å². The average Bonchev–Trinajstić information content (AvgIpc) is 2.94. The lowest BCUT2D eigenvalue weighted by atomic mass is 9.81. The van der Waals surface area contributed by atoms with Crippen LogP contribution in [0.1, 0.15) is 19.4 Å². The van der Waals surface area contributed by atoms with Gasteiger partial charge >= 0.3 is 5.69 Å². The fourth-order valence-electron chi connectivity index (χ4n) is 5.81. The van der Waals surface area contributed by atoms with Crippen LogP contribution in [0.3, 0.4) is 0 Å². The second-order valence-corrected chi connectivity index (χ2v) is 12.3. The molecule has 0 bridgehead atoms. The van der Waals surface area contributed by atoms with E-state index >= 15 is 0 Å². The Morgan fingerprint density at radius 2 is 1.90 bits per heavy atom. The van der Waals surface area contributed by atoms with Gasteiger partial charge in [0, 0.05) is 42.0 Å². The molecule has 3 aromatic heterocycles. The van der Waals surface area contributed by atoms with E-state index in [-0.39, 0.29) is 12.1 Å². The van der Waals surface area contributed by atoms with Crippen LogP contribution in [-0.4, -0.2) is 71.5 Å². The van der Waals surface area contributed by atoms with Crippen molar-refractivity contribution in [2.24, 2.45) is 0 Å². The predicted octanol–water partition coefficient (Wildman–Crippen LogP) is 2.75. The Hall–Kier alpha value is -3.30. The summed E-state index contributed by atoms with van der Waals surface area (Å²) in [5, 5.41) is 0.829. The molecule has 0 saturated carbocycles. The first-order chi connectivity index (χ1) is 19.6. The van der Waals surface area contributed by atoms with Crippen LogP contribution in [0.2, 0.25) is 0 Å². The number of aryl methyl sites for hydroxylation is 1. The largest absolute Gasteiger partial charge is 0.365 e. The molecule has 41 heavy (non-hydrogen) atoms. The molecule has 11 heteroatoms. The number of halogens is 1. The van der Waals surface area contributed by atoms with E-state index in [9.17, 15) is 4.79 Å². The van der Waals surface area contributed by atoms with Gasteiger partial charge in [-0.1, -0.05) is 48.3 Å². The number of aromatic nitrogens is 4. The third-order valence-corrected chi connectivity index (χ3v) is 9.25. The van der Waals surface area contributed by atoms with Gasteiger partial charge < -0.3 is 9.80 Å². The summed E-state index contributed by atoms with van der Waals surface area (Å²) in [5.74, 6) is 0.652. The molecule has 2 atom stereocenters. The molecule has 1 aliphatic heterocycles. The molecule has 1 unspecified atom stereocenters. The first-order valence-corrected chi connectivity index (χ1v) is 15.6. The maximum Gasteiger partial charge on any atom is 0.355 e.